The molecule has 1 aromatic rings. The van der Waals surface area contributed by atoms with E-state index in [2.05, 4.69) is 5.32 Å². The molecule has 0 spiro atoms. The minimum absolute atomic E-state index is 0.146. The van der Waals surface area contributed by atoms with E-state index < -0.39 is 23.8 Å². The first-order chi connectivity index (χ1) is 9.81. The third kappa shape index (κ3) is 7.11. The quantitative estimate of drug-likeness (QED) is 0.843. The van der Waals surface area contributed by atoms with Crippen molar-refractivity contribution >= 4 is 6.09 Å². The van der Waals surface area contributed by atoms with Crippen molar-refractivity contribution in [3.05, 3.63) is 35.9 Å². The van der Waals surface area contributed by atoms with Crippen molar-refractivity contribution in [3.8, 4) is 0 Å². The third-order valence-corrected chi connectivity index (χ3v) is 2.80. The smallest absolute Gasteiger partial charge is 0.407 e. The van der Waals surface area contributed by atoms with Crippen LogP contribution in [0.3, 0.4) is 0 Å². The molecule has 2 N–H and O–H groups in total. The largest absolute Gasteiger partial charge is 0.444 e. The molecule has 0 aliphatic heterocycles. The van der Waals surface area contributed by atoms with E-state index in [0.717, 1.165) is 5.56 Å². The van der Waals surface area contributed by atoms with Crippen LogP contribution in [0, 0.1) is 0 Å². The first kappa shape index (κ1) is 17.5. The Kier molecular flexibility index (Phi) is 6.65. The van der Waals surface area contributed by atoms with Gasteiger partial charge in [-0.25, -0.2) is 4.79 Å². The van der Waals surface area contributed by atoms with E-state index in [1.165, 1.54) is 7.11 Å². The monoisotopic (exact) mass is 295 g/mol. The fraction of sp³-hybridized carbons (Fsp3) is 0.562. The molecule has 0 radical (unpaired) electrons. The molecule has 0 unspecified atom stereocenters. The molecule has 0 bridgehead atoms. The summed E-state index contributed by atoms with van der Waals surface area (Å²) in [5.74, 6) is 0. The molecule has 2 atom stereocenters. The molecule has 118 valence electrons. The lowest BCUT2D eigenvalue weighted by molar-refractivity contribution is 0.0223. The summed E-state index contributed by atoms with van der Waals surface area (Å²) in [5, 5.41) is 12.8. The second kappa shape index (κ2) is 8.00. The number of benzene rings is 1. The fourth-order valence-corrected chi connectivity index (χ4v) is 1.90. The molecule has 1 aromatic carbocycles. The van der Waals surface area contributed by atoms with Crippen molar-refractivity contribution in [2.75, 3.05) is 13.7 Å². The van der Waals surface area contributed by atoms with Gasteiger partial charge in [-0.15, -0.1) is 0 Å². The van der Waals surface area contributed by atoms with Crippen molar-refractivity contribution in [1.82, 2.24) is 5.32 Å². The second-order valence-corrected chi connectivity index (χ2v) is 5.97. The van der Waals surface area contributed by atoms with Crippen LogP contribution in [0.1, 0.15) is 26.3 Å². The van der Waals surface area contributed by atoms with E-state index in [4.69, 9.17) is 9.47 Å². The molecule has 0 aromatic heterocycles. The van der Waals surface area contributed by atoms with E-state index >= 15 is 0 Å². The van der Waals surface area contributed by atoms with Gasteiger partial charge in [0.05, 0.1) is 18.8 Å². The molecule has 0 aliphatic carbocycles. The van der Waals surface area contributed by atoms with Crippen molar-refractivity contribution in [3.63, 3.8) is 0 Å². The first-order valence-electron chi connectivity index (χ1n) is 7.02. The number of hydrogen-bond donors (Lipinski definition) is 2. The zero-order chi connectivity index (χ0) is 15.9. The van der Waals surface area contributed by atoms with E-state index in [1.54, 1.807) is 20.8 Å². The van der Waals surface area contributed by atoms with Gasteiger partial charge in [0.1, 0.15) is 5.60 Å². The fourth-order valence-electron chi connectivity index (χ4n) is 1.90. The second-order valence-electron chi connectivity index (χ2n) is 5.97. The Morgan fingerprint density at radius 2 is 1.90 bits per heavy atom. The summed E-state index contributed by atoms with van der Waals surface area (Å²) in [6, 6.07) is 9.19. The average molecular weight is 295 g/mol. The number of amides is 1. The molecular formula is C16H25NO4. The van der Waals surface area contributed by atoms with Gasteiger partial charge in [-0.2, -0.15) is 0 Å². The van der Waals surface area contributed by atoms with Gasteiger partial charge >= 0.3 is 6.09 Å². The Labute approximate surface area is 126 Å². The van der Waals surface area contributed by atoms with Crippen LogP contribution in [0.2, 0.25) is 0 Å². The van der Waals surface area contributed by atoms with Gasteiger partial charge in [-0.1, -0.05) is 30.3 Å². The number of aliphatic hydroxyl groups excluding tert-OH is 1. The summed E-state index contributed by atoms with van der Waals surface area (Å²) in [4.78, 5) is 11.9. The van der Waals surface area contributed by atoms with E-state index in [-0.39, 0.29) is 6.61 Å². The Morgan fingerprint density at radius 1 is 1.29 bits per heavy atom. The molecule has 0 saturated heterocycles. The predicted molar refractivity (Wildman–Crippen MR) is 81.2 cm³/mol. The van der Waals surface area contributed by atoms with Crippen LogP contribution in [0.25, 0.3) is 0 Å². The molecule has 5 nitrogen and oxygen atoms in total. The maximum atomic E-state index is 11.9. The normalized spacial score (nSPS) is 14.3. The van der Waals surface area contributed by atoms with Crippen LogP contribution in [0.5, 0.6) is 0 Å². The van der Waals surface area contributed by atoms with Gasteiger partial charge in [0.25, 0.3) is 0 Å². The van der Waals surface area contributed by atoms with Gasteiger partial charge in [-0.3, -0.25) is 0 Å². The summed E-state index contributed by atoms with van der Waals surface area (Å²) in [7, 11) is 1.51. The number of rotatable bonds is 6. The zero-order valence-corrected chi connectivity index (χ0v) is 13.1. The van der Waals surface area contributed by atoms with Crippen molar-refractivity contribution in [1.29, 1.82) is 0 Å². The maximum Gasteiger partial charge on any atom is 0.407 e. The van der Waals surface area contributed by atoms with Gasteiger partial charge in [0.15, 0.2) is 0 Å². The van der Waals surface area contributed by atoms with E-state index in [1.807, 2.05) is 30.3 Å². The van der Waals surface area contributed by atoms with E-state index in [9.17, 15) is 9.90 Å². The van der Waals surface area contributed by atoms with Crippen molar-refractivity contribution < 1.29 is 19.4 Å². The van der Waals surface area contributed by atoms with Crippen LogP contribution < -0.4 is 5.32 Å². The number of aliphatic hydroxyl groups is 1. The summed E-state index contributed by atoms with van der Waals surface area (Å²) in [6.45, 7) is 5.53. The third-order valence-electron chi connectivity index (χ3n) is 2.80. The molecule has 21 heavy (non-hydrogen) atoms. The number of methoxy groups -OCH3 is 1. The minimum Gasteiger partial charge on any atom is -0.444 e. The highest BCUT2D eigenvalue weighted by molar-refractivity contribution is 5.68. The Morgan fingerprint density at radius 3 is 2.43 bits per heavy atom. The molecule has 0 fully saturated rings. The standard InChI is InChI=1S/C16H25NO4/c1-16(2,3)21-15(19)17-13(14(18)11-20-4)10-12-8-6-5-7-9-12/h5-9,13-14,18H,10-11H2,1-4H3,(H,17,19)/t13-,14+/m0/s1. The Balaban J connectivity index is 2.71. The average Bonchev–Trinajstić information content (AvgIpc) is 2.37. The molecule has 0 heterocycles. The highest BCUT2D eigenvalue weighted by atomic mass is 16.6. The van der Waals surface area contributed by atoms with E-state index in [0.29, 0.717) is 6.42 Å². The lowest BCUT2D eigenvalue weighted by Crippen LogP contribution is -2.48. The van der Waals surface area contributed by atoms with Gasteiger partial charge in [-0.05, 0) is 32.8 Å². The zero-order valence-electron chi connectivity index (χ0n) is 13.1. The molecule has 0 aliphatic rings. The van der Waals surface area contributed by atoms with Crippen LogP contribution in [-0.2, 0) is 15.9 Å². The molecule has 5 heteroatoms. The predicted octanol–water partition coefficient (Wildman–Crippen LogP) is 2.13. The number of carbonyl (C=O) groups excluding carboxylic acids is 1. The summed E-state index contributed by atoms with van der Waals surface area (Å²) in [6.07, 6.45) is -0.841. The lowest BCUT2D eigenvalue weighted by atomic mass is 10.0. The van der Waals surface area contributed by atoms with Gasteiger partial charge < -0.3 is 19.9 Å². The Bertz CT molecular complexity index is 428. The summed E-state index contributed by atoms with van der Waals surface area (Å²) in [5.41, 5.74) is 0.446. The van der Waals surface area contributed by atoms with Crippen molar-refractivity contribution in [2.45, 2.75) is 44.9 Å². The highest BCUT2D eigenvalue weighted by Gasteiger charge is 2.24. The molecule has 1 amide bonds. The van der Waals surface area contributed by atoms with Crippen molar-refractivity contribution in [2.24, 2.45) is 0 Å². The van der Waals surface area contributed by atoms with Crippen LogP contribution in [-0.4, -0.2) is 42.7 Å². The lowest BCUT2D eigenvalue weighted by Gasteiger charge is -2.26. The maximum absolute atomic E-state index is 11.9. The SMILES string of the molecule is COC[C@@H](O)[C@H](Cc1ccccc1)NC(=O)OC(C)(C)C. The molecule has 1 rings (SSSR count). The molecule has 0 saturated carbocycles. The number of hydrogen-bond acceptors (Lipinski definition) is 4. The Hall–Kier alpha value is -1.59. The summed E-state index contributed by atoms with van der Waals surface area (Å²) < 4.78 is 10.2. The van der Waals surface area contributed by atoms with Crippen LogP contribution >= 0.6 is 0 Å². The summed E-state index contributed by atoms with van der Waals surface area (Å²) >= 11 is 0. The molecular weight excluding hydrogens is 270 g/mol. The first-order valence-corrected chi connectivity index (χ1v) is 7.02. The number of ether oxygens (including phenoxy) is 2. The topological polar surface area (TPSA) is 67.8 Å². The number of carbonyl (C=O) groups is 1. The van der Waals surface area contributed by atoms with Gasteiger partial charge in [0, 0.05) is 7.11 Å². The highest BCUT2D eigenvalue weighted by Crippen LogP contribution is 2.10. The van der Waals surface area contributed by atoms with Crippen LogP contribution in [0.15, 0.2) is 30.3 Å². The number of nitrogens with one attached hydrogen (secondary N) is 1. The minimum atomic E-state index is -0.803. The van der Waals surface area contributed by atoms with Gasteiger partial charge in [0.2, 0.25) is 0 Å². The van der Waals surface area contributed by atoms with Crippen LogP contribution in [0.4, 0.5) is 4.79 Å². The number of alkyl carbamates (subject to hydrolysis) is 1.